The van der Waals surface area contributed by atoms with Crippen LogP contribution in [0.15, 0.2) is 12.1 Å². The summed E-state index contributed by atoms with van der Waals surface area (Å²) in [4.78, 5) is 11.0. The van der Waals surface area contributed by atoms with Gasteiger partial charge in [0.2, 0.25) is 0 Å². The lowest BCUT2D eigenvalue weighted by Crippen LogP contribution is -2.22. The Bertz CT molecular complexity index is 427. The van der Waals surface area contributed by atoms with Crippen molar-refractivity contribution in [3.63, 3.8) is 0 Å². The summed E-state index contributed by atoms with van der Waals surface area (Å²) >= 11 is 17.4. The molecule has 2 unspecified atom stereocenters. The highest BCUT2D eigenvalue weighted by Crippen LogP contribution is 2.34. The van der Waals surface area contributed by atoms with Crippen LogP contribution in [0.5, 0.6) is 0 Å². The first kappa shape index (κ1) is 15.5. The van der Waals surface area contributed by atoms with Gasteiger partial charge in [0.25, 0.3) is 0 Å². The highest BCUT2D eigenvalue weighted by Gasteiger charge is 2.23. The van der Waals surface area contributed by atoms with E-state index in [9.17, 15) is 15.0 Å². The van der Waals surface area contributed by atoms with Gasteiger partial charge in [-0.05, 0) is 17.7 Å². The van der Waals surface area contributed by atoms with Gasteiger partial charge in [-0.2, -0.15) is 0 Å². The van der Waals surface area contributed by atoms with Gasteiger partial charge < -0.3 is 14.9 Å². The van der Waals surface area contributed by atoms with Crippen molar-refractivity contribution in [2.75, 3.05) is 7.11 Å². The summed E-state index contributed by atoms with van der Waals surface area (Å²) in [6.45, 7) is 0. The normalized spacial score (nSPS) is 14.1. The molecule has 0 aliphatic rings. The number of aliphatic hydroxyl groups is 2. The third-order valence-corrected chi connectivity index (χ3v) is 3.51. The van der Waals surface area contributed by atoms with E-state index in [1.165, 1.54) is 19.2 Å². The number of carbonyl (C=O) groups excluding carboxylic acids is 1. The Morgan fingerprint density at radius 3 is 2.22 bits per heavy atom. The first-order chi connectivity index (χ1) is 8.36. The summed E-state index contributed by atoms with van der Waals surface area (Å²) in [6.07, 6.45) is -2.96. The highest BCUT2D eigenvalue weighted by atomic mass is 35.5. The molecule has 0 saturated heterocycles. The number of halogens is 3. The Morgan fingerprint density at radius 1 is 1.28 bits per heavy atom. The van der Waals surface area contributed by atoms with Crippen LogP contribution in [0.3, 0.4) is 0 Å². The molecule has 0 aliphatic carbocycles. The van der Waals surface area contributed by atoms with Crippen LogP contribution in [-0.4, -0.2) is 29.4 Å². The third kappa shape index (κ3) is 3.73. The first-order valence-electron chi connectivity index (χ1n) is 4.94. The van der Waals surface area contributed by atoms with Crippen LogP contribution in [0.25, 0.3) is 0 Å². The predicted octanol–water partition coefficient (Wildman–Crippen LogP) is 2.60. The molecule has 0 amide bonds. The van der Waals surface area contributed by atoms with Crippen molar-refractivity contribution in [3.8, 4) is 0 Å². The Morgan fingerprint density at radius 2 is 1.78 bits per heavy atom. The molecule has 0 spiro atoms. The molecule has 0 aromatic heterocycles. The van der Waals surface area contributed by atoms with Crippen molar-refractivity contribution < 1.29 is 19.7 Å². The third-order valence-electron chi connectivity index (χ3n) is 2.32. The summed E-state index contributed by atoms with van der Waals surface area (Å²) in [6, 6.07) is 2.75. The van der Waals surface area contributed by atoms with E-state index in [2.05, 4.69) is 4.74 Å². The molecule has 7 heteroatoms. The zero-order valence-corrected chi connectivity index (χ0v) is 11.6. The Labute approximate surface area is 119 Å². The summed E-state index contributed by atoms with van der Waals surface area (Å²) in [5, 5.41) is 20.0. The topological polar surface area (TPSA) is 66.8 Å². The molecule has 1 aromatic rings. The monoisotopic (exact) mass is 312 g/mol. The number of rotatable bonds is 4. The second-order valence-corrected chi connectivity index (χ2v) is 4.78. The fraction of sp³-hybridized carbons (Fsp3) is 0.364. The smallest absolute Gasteiger partial charge is 0.308 e. The van der Waals surface area contributed by atoms with Crippen molar-refractivity contribution in [2.45, 2.75) is 18.6 Å². The SMILES string of the molecule is COC(=O)CC(O)C(O)c1cc(Cl)c(Cl)c(Cl)c1. The molecule has 0 aliphatic heterocycles. The second kappa shape index (κ2) is 6.59. The van der Waals surface area contributed by atoms with Gasteiger partial charge in [0.1, 0.15) is 6.10 Å². The van der Waals surface area contributed by atoms with E-state index in [-0.39, 0.29) is 27.1 Å². The zero-order valence-electron chi connectivity index (χ0n) is 9.36. The van der Waals surface area contributed by atoms with Crippen molar-refractivity contribution in [3.05, 3.63) is 32.8 Å². The van der Waals surface area contributed by atoms with Crippen molar-refractivity contribution in [1.29, 1.82) is 0 Å². The van der Waals surface area contributed by atoms with E-state index >= 15 is 0 Å². The average molecular weight is 314 g/mol. The largest absolute Gasteiger partial charge is 0.469 e. The molecule has 2 atom stereocenters. The Hall–Kier alpha value is -0.520. The van der Waals surface area contributed by atoms with E-state index in [1.807, 2.05) is 0 Å². The predicted molar refractivity (Wildman–Crippen MR) is 69.1 cm³/mol. The second-order valence-electron chi connectivity index (χ2n) is 3.59. The molecule has 2 N–H and O–H groups in total. The van der Waals surface area contributed by atoms with Crippen LogP contribution >= 0.6 is 34.8 Å². The summed E-state index contributed by atoms with van der Waals surface area (Å²) in [5.41, 5.74) is 0.269. The molecule has 100 valence electrons. The van der Waals surface area contributed by atoms with Gasteiger partial charge in [-0.15, -0.1) is 0 Å². The van der Waals surface area contributed by atoms with E-state index in [0.29, 0.717) is 0 Å². The van der Waals surface area contributed by atoms with Gasteiger partial charge >= 0.3 is 5.97 Å². The van der Waals surface area contributed by atoms with E-state index < -0.39 is 18.2 Å². The first-order valence-corrected chi connectivity index (χ1v) is 6.07. The summed E-state index contributed by atoms with van der Waals surface area (Å²) in [7, 11) is 1.19. The summed E-state index contributed by atoms with van der Waals surface area (Å²) in [5.74, 6) is -0.632. The molecule has 0 heterocycles. The maximum absolute atomic E-state index is 11.0. The van der Waals surface area contributed by atoms with Crippen LogP contribution in [0, 0.1) is 0 Å². The number of esters is 1. The average Bonchev–Trinajstić information content (AvgIpc) is 2.33. The number of ether oxygens (including phenoxy) is 1. The number of hydrogen-bond donors (Lipinski definition) is 2. The van der Waals surface area contributed by atoms with E-state index in [4.69, 9.17) is 34.8 Å². The lowest BCUT2D eigenvalue weighted by molar-refractivity contribution is -0.144. The maximum Gasteiger partial charge on any atom is 0.308 e. The zero-order chi connectivity index (χ0) is 13.9. The van der Waals surface area contributed by atoms with Crippen molar-refractivity contribution in [2.24, 2.45) is 0 Å². The van der Waals surface area contributed by atoms with Crippen LogP contribution in [0.1, 0.15) is 18.1 Å². The molecule has 0 radical (unpaired) electrons. The number of aliphatic hydroxyl groups excluding tert-OH is 2. The highest BCUT2D eigenvalue weighted by molar-refractivity contribution is 6.48. The van der Waals surface area contributed by atoms with Crippen LogP contribution in [0.2, 0.25) is 15.1 Å². The molecular formula is C11H11Cl3O4. The lowest BCUT2D eigenvalue weighted by Gasteiger charge is -2.18. The molecule has 0 saturated carbocycles. The number of carbonyl (C=O) groups is 1. The maximum atomic E-state index is 11.0. The van der Waals surface area contributed by atoms with Crippen molar-refractivity contribution in [1.82, 2.24) is 0 Å². The molecule has 4 nitrogen and oxygen atoms in total. The molecular weight excluding hydrogens is 302 g/mol. The number of benzene rings is 1. The Balaban J connectivity index is 2.90. The molecule has 0 fully saturated rings. The minimum Gasteiger partial charge on any atom is -0.469 e. The number of methoxy groups -OCH3 is 1. The van der Waals surface area contributed by atoms with Gasteiger partial charge in [-0.3, -0.25) is 4.79 Å². The van der Waals surface area contributed by atoms with Crippen LogP contribution < -0.4 is 0 Å². The van der Waals surface area contributed by atoms with Crippen LogP contribution in [-0.2, 0) is 9.53 Å². The van der Waals surface area contributed by atoms with E-state index in [1.54, 1.807) is 0 Å². The van der Waals surface area contributed by atoms with Crippen LogP contribution in [0.4, 0.5) is 0 Å². The molecule has 18 heavy (non-hydrogen) atoms. The van der Waals surface area contributed by atoms with Gasteiger partial charge in [0.05, 0.1) is 34.7 Å². The van der Waals surface area contributed by atoms with Gasteiger partial charge in [0.15, 0.2) is 0 Å². The molecule has 0 bridgehead atoms. The molecule has 1 rings (SSSR count). The standard InChI is InChI=1S/C11H11Cl3O4/c1-18-9(16)4-8(15)11(17)5-2-6(12)10(14)7(13)3-5/h2-3,8,11,15,17H,4H2,1H3. The lowest BCUT2D eigenvalue weighted by atomic mass is 10.0. The minimum atomic E-state index is -1.31. The molecule has 1 aromatic carbocycles. The van der Waals surface area contributed by atoms with Gasteiger partial charge in [0, 0.05) is 0 Å². The van der Waals surface area contributed by atoms with E-state index in [0.717, 1.165) is 0 Å². The fourth-order valence-electron chi connectivity index (χ4n) is 1.33. The summed E-state index contributed by atoms with van der Waals surface area (Å²) < 4.78 is 4.39. The van der Waals surface area contributed by atoms with Gasteiger partial charge in [-0.1, -0.05) is 34.8 Å². The van der Waals surface area contributed by atoms with Gasteiger partial charge in [-0.25, -0.2) is 0 Å². The Kier molecular flexibility index (Phi) is 5.69. The quantitative estimate of drug-likeness (QED) is 0.662. The fourth-order valence-corrected chi connectivity index (χ4v) is 1.95. The van der Waals surface area contributed by atoms with Crippen molar-refractivity contribution >= 4 is 40.8 Å². The number of hydrogen-bond acceptors (Lipinski definition) is 4. The minimum absolute atomic E-state index is 0.156.